The van der Waals surface area contributed by atoms with Crippen molar-refractivity contribution in [3.05, 3.63) is 18.2 Å². The van der Waals surface area contributed by atoms with Crippen LogP contribution in [-0.2, 0) is 10.0 Å². The van der Waals surface area contributed by atoms with E-state index in [0.717, 1.165) is 12.8 Å². The van der Waals surface area contributed by atoms with Gasteiger partial charge in [-0.25, -0.2) is 13.1 Å². The summed E-state index contributed by atoms with van der Waals surface area (Å²) in [7, 11) is -2.06. The van der Waals surface area contributed by atoms with Crippen molar-refractivity contribution in [3.63, 3.8) is 0 Å². The lowest BCUT2D eigenvalue weighted by Crippen LogP contribution is -2.37. The lowest BCUT2D eigenvalue weighted by molar-refractivity contribution is 0.390. The van der Waals surface area contributed by atoms with Crippen LogP contribution in [-0.4, -0.2) is 21.6 Å². The van der Waals surface area contributed by atoms with Crippen LogP contribution < -0.4 is 15.2 Å². The number of methoxy groups -OCH3 is 1. The Balaban J connectivity index is 2.97. The first-order valence-electron chi connectivity index (χ1n) is 6.81. The number of nitrogens with two attached hydrogens (primary N) is 1. The molecule has 1 aromatic carbocycles. The predicted molar refractivity (Wildman–Crippen MR) is 81.3 cm³/mol. The summed E-state index contributed by atoms with van der Waals surface area (Å²) in [5.41, 5.74) is 6.07. The third-order valence-corrected chi connectivity index (χ3v) is 5.16. The molecule has 6 heteroatoms. The molecule has 0 spiro atoms. The average Bonchev–Trinajstić information content (AvgIpc) is 2.39. The summed E-state index contributed by atoms with van der Waals surface area (Å²) in [6.45, 7) is 6.01. The van der Waals surface area contributed by atoms with Crippen molar-refractivity contribution in [1.82, 2.24) is 4.72 Å². The number of hydrogen-bond donors (Lipinski definition) is 2. The fraction of sp³-hybridized carbons (Fsp3) is 0.571. The Morgan fingerprint density at radius 1 is 1.30 bits per heavy atom. The highest BCUT2D eigenvalue weighted by atomic mass is 32.2. The molecule has 0 bridgehead atoms. The highest BCUT2D eigenvalue weighted by molar-refractivity contribution is 7.89. The second-order valence-electron chi connectivity index (χ2n) is 4.89. The van der Waals surface area contributed by atoms with Crippen LogP contribution in [0.2, 0.25) is 0 Å². The van der Waals surface area contributed by atoms with Crippen LogP contribution in [0, 0.1) is 5.92 Å². The molecule has 0 aliphatic heterocycles. The standard InChI is InChI=1S/C14H24N2O3S/c1-5-11(6-2)10(3)16-20(17,18)12-7-8-14(19-4)13(15)9-12/h7-11,16H,5-6,15H2,1-4H3. The number of anilines is 1. The van der Waals surface area contributed by atoms with Crippen LogP contribution in [0.3, 0.4) is 0 Å². The minimum atomic E-state index is -3.56. The SMILES string of the molecule is CCC(CC)C(C)NS(=O)(=O)c1ccc(OC)c(N)c1. The molecule has 114 valence electrons. The zero-order valence-corrected chi connectivity index (χ0v) is 13.3. The summed E-state index contributed by atoms with van der Waals surface area (Å²) < 4.78 is 32.4. The van der Waals surface area contributed by atoms with Crippen LogP contribution in [0.15, 0.2) is 23.1 Å². The highest BCUT2D eigenvalue weighted by Crippen LogP contribution is 2.25. The Labute approximate surface area is 121 Å². The van der Waals surface area contributed by atoms with E-state index < -0.39 is 10.0 Å². The maximum absolute atomic E-state index is 12.3. The van der Waals surface area contributed by atoms with Crippen LogP contribution >= 0.6 is 0 Å². The lowest BCUT2D eigenvalue weighted by atomic mass is 9.96. The zero-order chi connectivity index (χ0) is 15.3. The topological polar surface area (TPSA) is 81.4 Å². The van der Waals surface area contributed by atoms with Crippen molar-refractivity contribution in [2.75, 3.05) is 12.8 Å². The fourth-order valence-corrected chi connectivity index (χ4v) is 3.63. The summed E-state index contributed by atoms with van der Waals surface area (Å²) in [5.74, 6) is 0.789. The van der Waals surface area contributed by atoms with Gasteiger partial charge in [0.2, 0.25) is 10.0 Å². The third kappa shape index (κ3) is 3.86. The first kappa shape index (κ1) is 16.8. The van der Waals surface area contributed by atoms with Gasteiger partial charge in [0.05, 0.1) is 17.7 Å². The molecule has 1 unspecified atom stereocenters. The molecular weight excluding hydrogens is 276 g/mol. The molecule has 0 saturated heterocycles. The largest absolute Gasteiger partial charge is 0.495 e. The van der Waals surface area contributed by atoms with E-state index >= 15 is 0 Å². The number of hydrogen-bond acceptors (Lipinski definition) is 4. The second-order valence-corrected chi connectivity index (χ2v) is 6.60. The van der Waals surface area contributed by atoms with E-state index in [1.807, 2.05) is 6.92 Å². The van der Waals surface area contributed by atoms with Gasteiger partial charge >= 0.3 is 0 Å². The molecule has 0 heterocycles. The van der Waals surface area contributed by atoms with E-state index in [-0.39, 0.29) is 10.9 Å². The number of nitrogens with one attached hydrogen (secondary N) is 1. The summed E-state index contributed by atoms with van der Waals surface area (Å²) in [5, 5.41) is 0. The number of benzene rings is 1. The quantitative estimate of drug-likeness (QED) is 0.758. The first-order chi connectivity index (χ1) is 9.35. The molecule has 0 aromatic heterocycles. The van der Waals surface area contributed by atoms with Gasteiger partial charge in [-0.2, -0.15) is 0 Å². The molecule has 0 aliphatic rings. The van der Waals surface area contributed by atoms with Gasteiger partial charge in [-0.1, -0.05) is 26.7 Å². The molecule has 0 aliphatic carbocycles. The Hall–Kier alpha value is -1.27. The summed E-state index contributed by atoms with van der Waals surface area (Å²) >= 11 is 0. The predicted octanol–water partition coefficient (Wildman–Crippen LogP) is 2.38. The Morgan fingerprint density at radius 3 is 2.35 bits per heavy atom. The normalized spacial score (nSPS) is 13.4. The van der Waals surface area contributed by atoms with E-state index in [1.54, 1.807) is 6.07 Å². The Kier molecular flexibility index (Phi) is 5.83. The maximum Gasteiger partial charge on any atom is 0.240 e. The van der Waals surface area contributed by atoms with Gasteiger partial charge in [0, 0.05) is 6.04 Å². The molecule has 20 heavy (non-hydrogen) atoms. The molecule has 0 radical (unpaired) electrons. The second kappa shape index (κ2) is 6.95. The van der Waals surface area contributed by atoms with Gasteiger partial charge in [0.15, 0.2) is 0 Å². The zero-order valence-electron chi connectivity index (χ0n) is 12.5. The van der Waals surface area contributed by atoms with Crippen molar-refractivity contribution in [3.8, 4) is 5.75 Å². The maximum atomic E-state index is 12.3. The summed E-state index contributed by atoms with van der Waals surface area (Å²) in [6, 6.07) is 4.36. The van der Waals surface area contributed by atoms with Crippen LogP contribution in [0.25, 0.3) is 0 Å². The van der Waals surface area contributed by atoms with Crippen LogP contribution in [0.5, 0.6) is 5.75 Å². The first-order valence-corrected chi connectivity index (χ1v) is 8.29. The van der Waals surface area contributed by atoms with Crippen molar-refractivity contribution in [2.24, 2.45) is 5.92 Å². The minimum absolute atomic E-state index is 0.113. The van der Waals surface area contributed by atoms with Gasteiger partial charge in [-0.3, -0.25) is 0 Å². The number of ether oxygens (including phenoxy) is 1. The lowest BCUT2D eigenvalue weighted by Gasteiger charge is -2.22. The molecule has 1 aromatic rings. The van der Waals surface area contributed by atoms with Crippen molar-refractivity contribution in [2.45, 2.75) is 44.6 Å². The molecule has 5 nitrogen and oxygen atoms in total. The molecule has 1 atom stereocenters. The van der Waals surface area contributed by atoms with E-state index in [9.17, 15) is 8.42 Å². The molecule has 0 amide bonds. The minimum Gasteiger partial charge on any atom is -0.495 e. The highest BCUT2D eigenvalue weighted by Gasteiger charge is 2.22. The fourth-order valence-electron chi connectivity index (χ4n) is 2.28. The van der Waals surface area contributed by atoms with Gasteiger partial charge in [-0.05, 0) is 31.0 Å². The number of rotatable bonds is 7. The van der Waals surface area contributed by atoms with E-state index in [4.69, 9.17) is 10.5 Å². The third-order valence-electron chi connectivity index (χ3n) is 3.61. The van der Waals surface area contributed by atoms with Crippen molar-refractivity contribution in [1.29, 1.82) is 0 Å². The molecule has 3 N–H and O–H groups in total. The van der Waals surface area contributed by atoms with E-state index in [0.29, 0.717) is 17.4 Å². The number of sulfonamides is 1. The smallest absolute Gasteiger partial charge is 0.240 e. The van der Waals surface area contributed by atoms with Gasteiger partial charge in [-0.15, -0.1) is 0 Å². The number of nitrogen functional groups attached to an aromatic ring is 1. The van der Waals surface area contributed by atoms with Gasteiger partial charge < -0.3 is 10.5 Å². The monoisotopic (exact) mass is 300 g/mol. The summed E-state index contributed by atoms with van der Waals surface area (Å²) in [6.07, 6.45) is 1.87. The van der Waals surface area contributed by atoms with Crippen molar-refractivity contribution < 1.29 is 13.2 Å². The Bertz CT molecular complexity index is 539. The molecular formula is C14H24N2O3S. The average molecular weight is 300 g/mol. The van der Waals surface area contributed by atoms with Crippen LogP contribution in [0.1, 0.15) is 33.6 Å². The Morgan fingerprint density at radius 2 is 1.90 bits per heavy atom. The van der Waals surface area contributed by atoms with Gasteiger partial charge in [0.25, 0.3) is 0 Å². The van der Waals surface area contributed by atoms with E-state index in [2.05, 4.69) is 18.6 Å². The van der Waals surface area contributed by atoms with Crippen LogP contribution in [0.4, 0.5) is 5.69 Å². The molecule has 0 fully saturated rings. The van der Waals surface area contributed by atoms with Crippen molar-refractivity contribution >= 4 is 15.7 Å². The van der Waals surface area contributed by atoms with E-state index in [1.165, 1.54) is 19.2 Å². The van der Waals surface area contributed by atoms with Gasteiger partial charge in [0.1, 0.15) is 5.75 Å². The summed E-state index contributed by atoms with van der Waals surface area (Å²) in [4.78, 5) is 0.161. The molecule has 1 rings (SSSR count). The molecule has 0 saturated carbocycles.